The van der Waals surface area contributed by atoms with Gasteiger partial charge in [-0.3, -0.25) is 9.78 Å². The molecule has 0 aliphatic carbocycles. The van der Waals surface area contributed by atoms with E-state index in [4.69, 9.17) is 4.74 Å². The number of fused-ring (bicyclic) bond motifs is 2. The number of hydrogen-bond acceptors (Lipinski definition) is 5. The highest BCUT2D eigenvalue weighted by atomic mass is 16.5. The average molecular weight is 366 g/mol. The molecule has 2 aliphatic rings. The van der Waals surface area contributed by atoms with Crippen LogP contribution in [0.2, 0.25) is 0 Å². The molecule has 0 saturated carbocycles. The van der Waals surface area contributed by atoms with Crippen LogP contribution < -0.4 is 9.64 Å². The second-order valence-electron chi connectivity index (χ2n) is 8.09. The SMILES string of the molecule is CC(C)Oc1cccc(C(=O)N2CC3(C2)CN(C(C)C)c2nccnc23)c1. The lowest BCUT2D eigenvalue weighted by Gasteiger charge is -2.47. The third-order valence-electron chi connectivity index (χ3n) is 5.28. The van der Waals surface area contributed by atoms with Gasteiger partial charge in [0.05, 0.1) is 17.2 Å². The topological polar surface area (TPSA) is 58.6 Å². The largest absolute Gasteiger partial charge is 0.491 e. The van der Waals surface area contributed by atoms with Crippen molar-refractivity contribution in [2.24, 2.45) is 0 Å². The van der Waals surface area contributed by atoms with E-state index in [9.17, 15) is 4.79 Å². The average Bonchev–Trinajstić information content (AvgIpc) is 2.95. The molecule has 0 N–H and O–H groups in total. The number of hydrogen-bond donors (Lipinski definition) is 0. The Morgan fingerprint density at radius 2 is 1.85 bits per heavy atom. The Labute approximate surface area is 160 Å². The van der Waals surface area contributed by atoms with Crippen molar-refractivity contribution in [3.05, 3.63) is 47.9 Å². The van der Waals surface area contributed by atoms with Crippen molar-refractivity contribution in [1.82, 2.24) is 14.9 Å². The highest BCUT2D eigenvalue weighted by Crippen LogP contribution is 2.45. The van der Waals surface area contributed by atoms with Gasteiger partial charge in [0.2, 0.25) is 0 Å². The summed E-state index contributed by atoms with van der Waals surface area (Å²) in [5.41, 5.74) is 1.59. The molecule has 1 saturated heterocycles. The zero-order valence-electron chi connectivity index (χ0n) is 16.3. The van der Waals surface area contributed by atoms with Crippen LogP contribution in [0.1, 0.15) is 43.7 Å². The second kappa shape index (κ2) is 6.51. The lowest BCUT2D eigenvalue weighted by Crippen LogP contribution is -2.63. The maximum Gasteiger partial charge on any atom is 0.254 e. The van der Waals surface area contributed by atoms with E-state index in [1.54, 1.807) is 12.4 Å². The van der Waals surface area contributed by atoms with Gasteiger partial charge >= 0.3 is 0 Å². The van der Waals surface area contributed by atoms with Crippen LogP contribution in [0.3, 0.4) is 0 Å². The summed E-state index contributed by atoms with van der Waals surface area (Å²) in [6.45, 7) is 10.5. The monoisotopic (exact) mass is 366 g/mol. The van der Waals surface area contributed by atoms with E-state index in [-0.39, 0.29) is 17.4 Å². The maximum atomic E-state index is 13.0. The minimum Gasteiger partial charge on any atom is -0.491 e. The van der Waals surface area contributed by atoms with Crippen LogP contribution in [0, 0.1) is 0 Å². The van der Waals surface area contributed by atoms with E-state index < -0.39 is 0 Å². The van der Waals surface area contributed by atoms with Gasteiger partial charge in [-0.15, -0.1) is 0 Å². The molecule has 1 spiro atoms. The summed E-state index contributed by atoms with van der Waals surface area (Å²) in [5.74, 6) is 1.74. The second-order valence-corrected chi connectivity index (χ2v) is 8.09. The Bertz CT molecular complexity index is 859. The molecule has 0 atom stereocenters. The highest BCUT2D eigenvalue weighted by Gasteiger charge is 2.54. The molecule has 0 unspecified atom stereocenters. The van der Waals surface area contributed by atoms with E-state index in [0.717, 1.165) is 23.8 Å². The Hall–Kier alpha value is -2.63. The molecule has 1 fully saturated rings. The summed E-state index contributed by atoms with van der Waals surface area (Å²) in [6.07, 6.45) is 3.58. The minimum absolute atomic E-state index is 0.0447. The van der Waals surface area contributed by atoms with Gasteiger partial charge in [0.25, 0.3) is 5.91 Å². The summed E-state index contributed by atoms with van der Waals surface area (Å²) in [4.78, 5) is 26.3. The van der Waals surface area contributed by atoms with Crippen molar-refractivity contribution in [3.8, 4) is 5.75 Å². The van der Waals surface area contributed by atoms with Gasteiger partial charge in [-0.25, -0.2) is 4.98 Å². The summed E-state index contributed by atoms with van der Waals surface area (Å²) >= 11 is 0. The number of carbonyl (C=O) groups is 1. The van der Waals surface area contributed by atoms with E-state index in [1.807, 2.05) is 43.0 Å². The standard InChI is InChI=1S/C21H26N4O2/c1-14(2)25-13-21(18-19(25)23-9-8-22-18)11-24(12-21)20(26)16-6-5-7-17(10-16)27-15(3)4/h5-10,14-15H,11-13H2,1-4H3. The fraction of sp³-hybridized carbons (Fsp3) is 0.476. The fourth-order valence-corrected chi connectivity index (χ4v) is 4.05. The van der Waals surface area contributed by atoms with Gasteiger partial charge in [0, 0.05) is 43.6 Å². The first-order valence-electron chi connectivity index (χ1n) is 9.54. The summed E-state index contributed by atoms with van der Waals surface area (Å²) in [7, 11) is 0. The number of nitrogens with zero attached hydrogens (tertiary/aromatic N) is 4. The fourth-order valence-electron chi connectivity index (χ4n) is 4.05. The summed E-state index contributed by atoms with van der Waals surface area (Å²) in [5, 5.41) is 0. The normalized spacial score (nSPS) is 17.4. The molecule has 1 aromatic carbocycles. The van der Waals surface area contributed by atoms with Gasteiger partial charge in [-0.2, -0.15) is 0 Å². The molecule has 0 radical (unpaired) electrons. The molecular weight excluding hydrogens is 340 g/mol. The number of benzene rings is 1. The predicted molar refractivity (Wildman–Crippen MR) is 104 cm³/mol. The van der Waals surface area contributed by atoms with Gasteiger partial charge in [0.1, 0.15) is 5.75 Å². The minimum atomic E-state index is -0.102. The smallest absolute Gasteiger partial charge is 0.254 e. The molecule has 2 aromatic rings. The third kappa shape index (κ3) is 3.03. The van der Waals surface area contributed by atoms with E-state index >= 15 is 0 Å². The number of amides is 1. The maximum absolute atomic E-state index is 13.0. The quantitative estimate of drug-likeness (QED) is 0.833. The third-order valence-corrected chi connectivity index (χ3v) is 5.28. The Morgan fingerprint density at radius 1 is 1.11 bits per heavy atom. The van der Waals surface area contributed by atoms with Crippen molar-refractivity contribution >= 4 is 11.7 Å². The lowest BCUT2D eigenvalue weighted by atomic mass is 9.78. The van der Waals surface area contributed by atoms with Gasteiger partial charge in [0.15, 0.2) is 5.82 Å². The van der Waals surface area contributed by atoms with Gasteiger partial charge in [-0.1, -0.05) is 6.07 Å². The molecule has 1 aromatic heterocycles. The molecule has 142 valence electrons. The zero-order valence-corrected chi connectivity index (χ0v) is 16.3. The molecule has 27 heavy (non-hydrogen) atoms. The number of ether oxygens (including phenoxy) is 1. The number of aromatic nitrogens is 2. The molecular formula is C21H26N4O2. The van der Waals surface area contributed by atoms with Crippen molar-refractivity contribution < 1.29 is 9.53 Å². The van der Waals surface area contributed by atoms with Gasteiger partial charge < -0.3 is 14.5 Å². The van der Waals surface area contributed by atoms with Crippen LogP contribution in [0.5, 0.6) is 5.75 Å². The Balaban J connectivity index is 1.52. The Kier molecular flexibility index (Phi) is 4.29. The number of rotatable bonds is 4. The zero-order chi connectivity index (χ0) is 19.2. The van der Waals surface area contributed by atoms with Crippen molar-refractivity contribution in [2.45, 2.75) is 45.3 Å². The van der Waals surface area contributed by atoms with Crippen molar-refractivity contribution in [3.63, 3.8) is 0 Å². The molecule has 6 nitrogen and oxygen atoms in total. The molecule has 3 heterocycles. The summed E-state index contributed by atoms with van der Waals surface area (Å²) < 4.78 is 5.72. The first-order chi connectivity index (χ1) is 12.9. The van der Waals surface area contributed by atoms with Crippen LogP contribution in [0.15, 0.2) is 36.7 Å². The Morgan fingerprint density at radius 3 is 2.56 bits per heavy atom. The van der Waals surface area contributed by atoms with Crippen LogP contribution in [-0.4, -0.2) is 52.6 Å². The van der Waals surface area contributed by atoms with Crippen LogP contribution in [0.4, 0.5) is 5.82 Å². The van der Waals surface area contributed by atoms with Crippen molar-refractivity contribution in [2.75, 3.05) is 24.5 Å². The van der Waals surface area contributed by atoms with Gasteiger partial charge in [-0.05, 0) is 45.9 Å². The van der Waals surface area contributed by atoms with E-state index in [0.29, 0.717) is 24.7 Å². The highest BCUT2D eigenvalue weighted by molar-refractivity contribution is 5.95. The number of carbonyl (C=O) groups excluding carboxylic acids is 1. The lowest BCUT2D eigenvalue weighted by molar-refractivity contribution is 0.0415. The predicted octanol–water partition coefficient (Wildman–Crippen LogP) is 2.89. The van der Waals surface area contributed by atoms with E-state index in [2.05, 4.69) is 28.7 Å². The molecule has 4 rings (SSSR count). The first-order valence-corrected chi connectivity index (χ1v) is 9.54. The first kappa shape index (κ1) is 17.8. The molecule has 6 heteroatoms. The molecule has 2 aliphatic heterocycles. The van der Waals surface area contributed by atoms with E-state index in [1.165, 1.54) is 0 Å². The summed E-state index contributed by atoms with van der Waals surface area (Å²) in [6, 6.07) is 7.79. The number of likely N-dealkylation sites (tertiary alicyclic amines) is 1. The van der Waals surface area contributed by atoms with Crippen molar-refractivity contribution in [1.29, 1.82) is 0 Å². The van der Waals surface area contributed by atoms with Crippen LogP contribution in [0.25, 0.3) is 0 Å². The molecule has 1 amide bonds. The van der Waals surface area contributed by atoms with Crippen LogP contribution >= 0.6 is 0 Å². The molecule has 0 bridgehead atoms. The van der Waals surface area contributed by atoms with Crippen LogP contribution in [-0.2, 0) is 5.41 Å². The number of anilines is 1.